The van der Waals surface area contributed by atoms with Crippen LogP contribution < -0.4 is 21.3 Å². The summed E-state index contributed by atoms with van der Waals surface area (Å²) in [6, 6.07) is -2.25. The van der Waals surface area contributed by atoms with Crippen molar-refractivity contribution < 1.29 is 29.0 Å². The van der Waals surface area contributed by atoms with Gasteiger partial charge < -0.3 is 31.1 Å². The maximum atomic E-state index is 13.6. The Kier molecular flexibility index (Phi) is 19.4. The number of rotatable bonds is 21. The van der Waals surface area contributed by atoms with E-state index in [9.17, 15) is 24.3 Å². The number of hydrogen-bond acceptors (Lipinski definition) is 9. The third-order valence-electron chi connectivity index (χ3n) is 7.50. The highest BCUT2D eigenvalue weighted by Gasteiger charge is 2.32. The molecule has 0 saturated heterocycles. The van der Waals surface area contributed by atoms with Gasteiger partial charge in [-0.25, -0.2) is 9.78 Å². The monoisotopic (exact) mass is 685 g/mol. The van der Waals surface area contributed by atoms with Gasteiger partial charge in [-0.3, -0.25) is 14.4 Å². The predicted octanol–water partition coefficient (Wildman–Crippen LogP) is 4.80. The van der Waals surface area contributed by atoms with Gasteiger partial charge in [0.05, 0.1) is 12.1 Å². The first kappa shape index (κ1) is 41.6. The molecule has 0 aliphatic rings. The number of nitrogens with zero attached hydrogens (tertiary/aromatic N) is 1. The number of amides is 4. The summed E-state index contributed by atoms with van der Waals surface area (Å²) in [5.41, 5.74) is 0.844. The van der Waals surface area contributed by atoms with Crippen LogP contribution >= 0.6 is 23.1 Å². The van der Waals surface area contributed by atoms with Crippen LogP contribution in [0.5, 0.6) is 0 Å². The zero-order valence-corrected chi connectivity index (χ0v) is 31.1. The summed E-state index contributed by atoms with van der Waals surface area (Å²) in [5, 5.41) is 25.6. The molecule has 1 aromatic rings. The van der Waals surface area contributed by atoms with Crippen molar-refractivity contribution in [3.8, 4) is 0 Å². The van der Waals surface area contributed by atoms with Crippen LogP contribution in [-0.4, -0.2) is 75.7 Å². The zero-order chi connectivity index (χ0) is 35.0. The average molecular weight is 686 g/mol. The van der Waals surface area contributed by atoms with E-state index in [0.29, 0.717) is 29.0 Å². The van der Waals surface area contributed by atoms with Gasteiger partial charge in [0, 0.05) is 34.5 Å². The van der Waals surface area contributed by atoms with Crippen LogP contribution in [0.4, 0.5) is 4.79 Å². The highest BCUT2D eigenvalue weighted by atomic mass is 32.2. The number of thioether (sulfide) groups is 1. The van der Waals surface area contributed by atoms with E-state index in [1.54, 1.807) is 18.7 Å². The van der Waals surface area contributed by atoms with E-state index in [4.69, 9.17) is 4.74 Å². The minimum absolute atomic E-state index is 0.00403. The minimum atomic E-state index is -1.04. The molecule has 5 N–H and O–H groups in total. The number of aryl methyl sites for hydroxylation is 1. The molecule has 4 amide bonds. The van der Waals surface area contributed by atoms with Gasteiger partial charge in [0.2, 0.25) is 17.7 Å². The molecule has 0 aliphatic heterocycles. The Bertz CT molecular complexity index is 1080. The van der Waals surface area contributed by atoms with Gasteiger partial charge in [-0.1, -0.05) is 62.3 Å². The Labute approximate surface area is 284 Å². The molecular formula is C33H59N5O6S2. The number of carbonyl (C=O) groups is 4. The van der Waals surface area contributed by atoms with Crippen molar-refractivity contribution in [2.45, 2.75) is 131 Å². The standard InChI is InChI=1S/C33H59N5O6S2/c1-11-24(12-2)45-18-26(37-33(43)44-16-28-35-23(10)17-46-28)31(41)36-25(13-19(3)4)27(39)14-22(9)30(40)38-29(21(7)8)32(42)34-15-20(5)6/h17,19-22,24-27,29,39H,11-16,18H2,1-10H3,(H,34,42)(H,36,41)(H,37,43)(H,38,40)/t22-,25-,26?,27+,29-/m1/s1. The molecule has 1 unspecified atom stereocenters. The SMILES string of the molecule is CCC(CC)SCC(NC(=O)OCc1nc(C)cs1)C(=O)N[C@H](CC(C)C)[C@@H](O)C[C@@H](C)C(=O)N[C@@H](C(=O)NCC(C)C)C(C)C. The van der Waals surface area contributed by atoms with Crippen LogP contribution in [0.1, 0.15) is 98.7 Å². The van der Waals surface area contributed by atoms with Crippen molar-refractivity contribution >= 4 is 46.9 Å². The van der Waals surface area contributed by atoms with Crippen molar-refractivity contribution in [1.82, 2.24) is 26.3 Å². The number of nitrogens with one attached hydrogen (secondary N) is 4. The second-order valence-corrected chi connectivity index (χ2v) is 15.5. The molecule has 0 aromatic carbocycles. The first-order valence-corrected chi connectivity index (χ1v) is 18.5. The first-order valence-electron chi connectivity index (χ1n) is 16.6. The molecule has 0 radical (unpaired) electrons. The summed E-state index contributed by atoms with van der Waals surface area (Å²) >= 11 is 3.00. The van der Waals surface area contributed by atoms with Crippen LogP contribution in [-0.2, 0) is 25.7 Å². The van der Waals surface area contributed by atoms with E-state index in [-0.39, 0.29) is 42.6 Å². The highest BCUT2D eigenvalue weighted by Crippen LogP contribution is 2.20. The average Bonchev–Trinajstić information content (AvgIpc) is 3.41. The van der Waals surface area contributed by atoms with Gasteiger partial charge in [0.15, 0.2) is 0 Å². The van der Waals surface area contributed by atoms with Crippen LogP contribution in [0.25, 0.3) is 0 Å². The highest BCUT2D eigenvalue weighted by molar-refractivity contribution is 7.99. The van der Waals surface area contributed by atoms with E-state index >= 15 is 0 Å². The van der Waals surface area contributed by atoms with Gasteiger partial charge in [-0.05, 0) is 50.4 Å². The number of alkyl carbamates (subject to hydrolysis) is 1. The number of aliphatic hydroxyl groups excluding tert-OH is 1. The molecule has 5 atom stereocenters. The second-order valence-electron chi connectivity index (χ2n) is 13.2. The number of aliphatic hydroxyl groups is 1. The Morgan fingerprint density at radius 1 is 0.913 bits per heavy atom. The predicted molar refractivity (Wildman–Crippen MR) is 187 cm³/mol. The third-order valence-corrected chi connectivity index (χ3v) is 10.1. The summed E-state index contributed by atoms with van der Waals surface area (Å²) in [6.45, 7) is 20.0. The zero-order valence-electron chi connectivity index (χ0n) is 29.5. The van der Waals surface area contributed by atoms with Crippen molar-refractivity contribution in [1.29, 1.82) is 0 Å². The quantitative estimate of drug-likeness (QED) is 0.124. The van der Waals surface area contributed by atoms with Gasteiger partial charge in [0.1, 0.15) is 23.7 Å². The van der Waals surface area contributed by atoms with E-state index < -0.39 is 42.1 Å². The van der Waals surface area contributed by atoms with E-state index in [2.05, 4.69) is 40.1 Å². The van der Waals surface area contributed by atoms with E-state index in [1.165, 1.54) is 11.3 Å². The lowest BCUT2D eigenvalue weighted by Gasteiger charge is -2.30. The fourth-order valence-corrected chi connectivity index (χ4v) is 6.56. The minimum Gasteiger partial charge on any atom is -0.442 e. The van der Waals surface area contributed by atoms with Crippen molar-refractivity contribution in [2.75, 3.05) is 12.3 Å². The number of carbonyl (C=O) groups excluding carboxylic acids is 4. The first-order chi connectivity index (χ1) is 21.6. The van der Waals surface area contributed by atoms with Crippen LogP contribution in [0.3, 0.4) is 0 Å². The molecule has 0 saturated carbocycles. The van der Waals surface area contributed by atoms with Crippen molar-refractivity contribution in [3.63, 3.8) is 0 Å². The molecule has 1 heterocycles. The van der Waals surface area contributed by atoms with Crippen molar-refractivity contribution in [3.05, 3.63) is 16.1 Å². The van der Waals surface area contributed by atoms with Crippen molar-refractivity contribution in [2.24, 2.45) is 23.7 Å². The Morgan fingerprint density at radius 2 is 1.57 bits per heavy atom. The van der Waals surface area contributed by atoms with Gasteiger partial charge in [-0.15, -0.1) is 11.3 Å². The lowest BCUT2D eigenvalue weighted by Crippen LogP contribution is -2.55. The molecule has 13 heteroatoms. The fourth-order valence-electron chi connectivity index (χ4n) is 4.70. The number of thiazole rings is 1. The topological polar surface area (TPSA) is 159 Å². The van der Waals surface area contributed by atoms with E-state index in [1.807, 2.05) is 53.8 Å². The van der Waals surface area contributed by atoms with Gasteiger partial charge >= 0.3 is 6.09 Å². The molecule has 46 heavy (non-hydrogen) atoms. The van der Waals surface area contributed by atoms with Gasteiger partial charge in [-0.2, -0.15) is 11.8 Å². The molecule has 264 valence electrons. The Hall–Kier alpha value is -2.38. The summed E-state index contributed by atoms with van der Waals surface area (Å²) in [7, 11) is 0. The largest absolute Gasteiger partial charge is 0.442 e. The smallest absolute Gasteiger partial charge is 0.408 e. The molecule has 0 fully saturated rings. The normalized spacial score (nSPS) is 14.9. The molecule has 0 aliphatic carbocycles. The Morgan fingerprint density at radius 3 is 2.09 bits per heavy atom. The fraction of sp³-hybridized carbons (Fsp3) is 0.788. The van der Waals surface area contributed by atoms with Crippen LogP contribution in [0.15, 0.2) is 5.38 Å². The Balaban J connectivity index is 2.98. The lowest BCUT2D eigenvalue weighted by molar-refractivity contribution is -0.132. The van der Waals surface area contributed by atoms with Crippen LogP contribution in [0, 0.1) is 30.6 Å². The second kappa shape index (κ2) is 21.5. The maximum Gasteiger partial charge on any atom is 0.408 e. The number of hydrogen-bond donors (Lipinski definition) is 5. The maximum absolute atomic E-state index is 13.6. The summed E-state index contributed by atoms with van der Waals surface area (Å²) < 4.78 is 5.36. The lowest BCUT2D eigenvalue weighted by atomic mass is 9.91. The molecule has 11 nitrogen and oxygen atoms in total. The number of ether oxygens (including phenoxy) is 1. The number of aromatic nitrogens is 1. The third kappa shape index (κ3) is 15.9. The molecule has 0 spiro atoms. The molecular weight excluding hydrogens is 627 g/mol. The molecule has 0 bridgehead atoms. The molecule has 1 aromatic heterocycles. The summed E-state index contributed by atoms with van der Waals surface area (Å²) in [5.74, 6) is -0.999. The van der Waals surface area contributed by atoms with Crippen LogP contribution in [0.2, 0.25) is 0 Å². The van der Waals surface area contributed by atoms with E-state index in [0.717, 1.165) is 18.5 Å². The summed E-state index contributed by atoms with van der Waals surface area (Å²) in [4.78, 5) is 56.5. The summed E-state index contributed by atoms with van der Waals surface area (Å²) in [6.07, 6.45) is 0.642. The van der Waals surface area contributed by atoms with Gasteiger partial charge in [0.25, 0.3) is 0 Å². The molecule has 1 rings (SSSR count).